The standard InChI is InChI=1S/C20H16N4O.ClH/c21-20-23-17-11-10-16(12-18(17)24-20)22-19(25)15-8-6-14(7-9-15)13-4-2-1-3-5-13;/h1-12H,(H,22,25)(H3,21,23,24);1H. The van der Waals surface area contributed by atoms with E-state index in [2.05, 4.69) is 15.3 Å². The van der Waals surface area contributed by atoms with Crippen LogP contribution < -0.4 is 11.1 Å². The lowest BCUT2D eigenvalue weighted by Gasteiger charge is -2.07. The first-order valence-corrected chi connectivity index (χ1v) is 7.91. The van der Waals surface area contributed by atoms with Crippen LogP contribution in [0.2, 0.25) is 0 Å². The number of amides is 1. The molecule has 0 unspecified atom stereocenters. The van der Waals surface area contributed by atoms with Crippen molar-refractivity contribution in [3.8, 4) is 11.1 Å². The smallest absolute Gasteiger partial charge is 0.255 e. The van der Waals surface area contributed by atoms with E-state index in [1.807, 2.05) is 66.7 Å². The molecular weight excluding hydrogens is 348 g/mol. The third-order valence-corrected chi connectivity index (χ3v) is 4.01. The predicted molar refractivity (Wildman–Crippen MR) is 108 cm³/mol. The van der Waals surface area contributed by atoms with Crippen molar-refractivity contribution >= 4 is 41.0 Å². The van der Waals surface area contributed by atoms with E-state index < -0.39 is 0 Å². The Labute approximate surface area is 156 Å². The second-order valence-electron chi connectivity index (χ2n) is 5.75. The van der Waals surface area contributed by atoms with Gasteiger partial charge in [0.2, 0.25) is 0 Å². The number of nitrogens with zero attached hydrogens (tertiary/aromatic N) is 1. The maximum atomic E-state index is 12.4. The maximum Gasteiger partial charge on any atom is 0.255 e. The molecule has 0 saturated carbocycles. The van der Waals surface area contributed by atoms with Gasteiger partial charge in [0.15, 0.2) is 5.95 Å². The van der Waals surface area contributed by atoms with Crippen molar-refractivity contribution in [2.45, 2.75) is 0 Å². The number of nitrogens with one attached hydrogen (secondary N) is 2. The number of halogens is 1. The van der Waals surface area contributed by atoms with E-state index in [-0.39, 0.29) is 18.3 Å². The molecule has 0 aliphatic carbocycles. The van der Waals surface area contributed by atoms with E-state index in [0.29, 0.717) is 17.2 Å². The lowest BCUT2D eigenvalue weighted by Crippen LogP contribution is -2.11. The Morgan fingerprint density at radius 3 is 2.35 bits per heavy atom. The molecule has 0 spiro atoms. The molecule has 0 radical (unpaired) electrons. The van der Waals surface area contributed by atoms with Gasteiger partial charge in [-0.15, -0.1) is 12.4 Å². The Hall–Kier alpha value is -3.31. The topological polar surface area (TPSA) is 83.8 Å². The van der Waals surface area contributed by atoms with Crippen LogP contribution in [0.3, 0.4) is 0 Å². The third-order valence-electron chi connectivity index (χ3n) is 4.01. The summed E-state index contributed by atoms with van der Waals surface area (Å²) in [6.45, 7) is 0. The number of nitrogens with two attached hydrogens (primary N) is 1. The van der Waals surface area contributed by atoms with Gasteiger partial charge < -0.3 is 16.0 Å². The van der Waals surface area contributed by atoms with E-state index in [0.717, 1.165) is 22.2 Å². The van der Waals surface area contributed by atoms with E-state index in [9.17, 15) is 4.79 Å². The summed E-state index contributed by atoms with van der Waals surface area (Å²) >= 11 is 0. The minimum atomic E-state index is -0.161. The summed E-state index contributed by atoms with van der Waals surface area (Å²) < 4.78 is 0. The van der Waals surface area contributed by atoms with Crippen LogP contribution in [0.4, 0.5) is 11.6 Å². The van der Waals surface area contributed by atoms with E-state index in [4.69, 9.17) is 5.73 Å². The summed E-state index contributed by atoms with van der Waals surface area (Å²) in [5.41, 5.74) is 10.7. The molecule has 1 heterocycles. The molecule has 130 valence electrons. The van der Waals surface area contributed by atoms with Crippen molar-refractivity contribution in [3.05, 3.63) is 78.4 Å². The minimum absolute atomic E-state index is 0. The lowest BCUT2D eigenvalue weighted by molar-refractivity contribution is 0.102. The third kappa shape index (κ3) is 3.53. The molecule has 4 N–H and O–H groups in total. The average Bonchev–Trinajstić information content (AvgIpc) is 3.02. The number of fused-ring (bicyclic) bond motifs is 1. The van der Waals surface area contributed by atoms with E-state index in [1.165, 1.54) is 0 Å². The molecule has 1 amide bonds. The van der Waals surface area contributed by atoms with Gasteiger partial charge >= 0.3 is 0 Å². The second-order valence-corrected chi connectivity index (χ2v) is 5.75. The summed E-state index contributed by atoms with van der Waals surface area (Å²) in [6.07, 6.45) is 0. The molecule has 4 aromatic rings. The minimum Gasteiger partial charge on any atom is -0.369 e. The van der Waals surface area contributed by atoms with Gasteiger partial charge in [0, 0.05) is 11.3 Å². The van der Waals surface area contributed by atoms with Crippen LogP contribution in [0.15, 0.2) is 72.8 Å². The maximum absolute atomic E-state index is 12.4. The molecule has 0 fully saturated rings. The van der Waals surface area contributed by atoms with Crippen molar-refractivity contribution in [1.29, 1.82) is 0 Å². The molecule has 0 atom stereocenters. The molecule has 0 aliphatic heterocycles. The Morgan fingerprint density at radius 1 is 0.923 bits per heavy atom. The number of aromatic amines is 1. The lowest BCUT2D eigenvalue weighted by atomic mass is 10.0. The van der Waals surface area contributed by atoms with Gasteiger partial charge in [0.1, 0.15) is 0 Å². The number of hydrogen-bond donors (Lipinski definition) is 3. The van der Waals surface area contributed by atoms with Crippen molar-refractivity contribution in [1.82, 2.24) is 9.97 Å². The van der Waals surface area contributed by atoms with Gasteiger partial charge in [-0.3, -0.25) is 4.79 Å². The SMILES string of the molecule is Cl.Nc1nc2ccc(NC(=O)c3ccc(-c4ccccc4)cc3)cc2[nH]1. The Morgan fingerprint density at radius 2 is 1.62 bits per heavy atom. The van der Waals surface area contributed by atoms with Crippen LogP contribution in [0.25, 0.3) is 22.2 Å². The van der Waals surface area contributed by atoms with Crippen LogP contribution in [0.1, 0.15) is 10.4 Å². The number of hydrogen-bond acceptors (Lipinski definition) is 3. The highest BCUT2D eigenvalue weighted by molar-refractivity contribution is 6.05. The molecular formula is C20H17ClN4O. The number of carbonyl (C=O) groups is 1. The van der Waals surface area contributed by atoms with Gasteiger partial charge in [-0.05, 0) is 41.5 Å². The van der Waals surface area contributed by atoms with Gasteiger partial charge in [-0.1, -0.05) is 42.5 Å². The fraction of sp³-hybridized carbons (Fsp3) is 0. The summed E-state index contributed by atoms with van der Waals surface area (Å²) in [6, 6.07) is 23.0. The zero-order valence-electron chi connectivity index (χ0n) is 13.8. The summed E-state index contributed by atoms with van der Waals surface area (Å²) in [4.78, 5) is 19.5. The van der Waals surface area contributed by atoms with Crippen molar-refractivity contribution < 1.29 is 4.79 Å². The number of imidazole rings is 1. The van der Waals surface area contributed by atoms with Gasteiger partial charge in [-0.2, -0.15) is 0 Å². The monoisotopic (exact) mass is 364 g/mol. The number of carbonyl (C=O) groups excluding carboxylic acids is 1. The zero-order chi connectivity index (χ0) is 17.2. The van der Waals surface area contributed by atoms with Crippen LogP contribution in [-0.4, -0.2) is 15.9 Å². The molecule has 5 nitrogen and oxygen atoms in total. The number of H-pyrrole nitrogens is 1. The number of benzene rings is 3. The zero-order valence-corrected chi connectivity index (χ0v) is 14.6. The normalized spacial score (nSPS) is 10.3. The van der Waals surface area contributed by atoms with E-state index >= 15 is 0 Å². The number of anilines is 2. The highest BCUT2D eigenvalue weighted by Gasteiger charge is 2.08. The molecule has 1 aromatic heterocycles. The molecule has 0 bridgehead atoms. The molecule has 0 saturated heterocycles. The average molecular weight is 365 g/mol. The number of nitrogen functional groups attached to an aromatic ring is 1. The van der Waals surface area contributed by atoms with Crippen molar-refractivity contribution in [3.63, 3.8) is 0 Å². The Kier molecular flexibility index (Phi) is 4.91. The first-order chi connectivity index (χ1) is 12.2. The van der Waals surface area contributed by atoms with Crippen LogP contribution in [0.5, 0.6) is 0 Å². The van der Waals surface area contributed by atoms with Crippen molar-refractivity contribution in [2.75, 3.05) is 11.1 Å². The summed E-state index contributed by atoms with van der Waals surface area (Å²) in [7, 11) is 0. The highest BCUT2D eigenvalue weighted by Crippen LogP contribution is 2.21. The number of aromatic nitrogens is 2. The van der Waals surface area contributed by atoms with Gasteiger partial charge in [0.25, 0.3) is 5.91 Å². The van der Waals surface area contributed by atoms with Crippen LogP contribution in [-0.2, 0) is 0 Å². The fourth-order valence-corrected chi connectivity index (χ4v) is 2.76. The second kappa shape index (κ2) is 7.29. The largest absolute Gasteiger partial charge is 0.369 e. The molecule has 0 aliphatic rings. The molecule has 3 aromatic carbocycles. The predicted octanol–water partition coefficient (Wildman–Crippen LogP) is 4.49. The molecule has 6 heteroatoms. The van der Waals surface area contributed by atoms with Gasteiger partial charge in [0.05, 0.1) is 11.0 Å². The number of rotatable bonds is 3. The van der Waals surface area contributed by atoms with Gasteiger partial charge in [-0.25, -0.2) is 4.98 Å². The Bertz CT molecular complexity index is 1040. The highest BCUT2D eigenvalue weighted by atomic mass is 35.5. The molecule has 26 heavy (non-hydrogen) atoms. The van der Waals surface area contributed by atoms with Crippen molar-refractivity contribution in [2.24, 2.45) is 0 Å². The first kappa shape index (κ1) is 17.5. The molecule has 4 rings (SSSR count). The van der Waals surface area contributed by atoms with Crippen LogP contribution in [0, 0.1) is 0 Å². The summed E-state index contributed by atoms with van der Waals surface area (Å²) in [5, 5.41) is 2.89. The van der Waals surface area contributed by atoms with E-state index in [1.54, 1.807) is 6.07 Å². The quantitative estimate of drug-likeness (QED) is 0.501. The first-order valence-electron chi connectivity index (χ1n) is 7.91. The fourth-order valence-electron chi connectivity index (χ4n) is 2.76. The summed E-state index contributed by atoms with van der Waals surface area (Å²) in [5.74, 6) is 0.196. The van der Waals surface area contributed by atoms with Crippen LogP contribution >= 0.6 is 12.4 Å². The Balaban J connectivity index is 0.00000196.